The molecule has 0 amide bonds. The molecule has 2 aliphatic rings. The van der Waals surface area contributed by atoms with Crippen molar-refractivity contribution in [3.8, 4) is 23.0 Å². The normalized spacial score (nSPS) is 16.4. The molecule has 10 heteroatoms. The highest BCUT2D eigenvalue weighted by atomic mass is 16.5. The van der Waals surface area contributed by atoms with Crippen LogP contribution in [-0.4, -0.2) is 96.9 Å². The molecule has 0 saturated carbocycles. The first-order chi connectivity index (χ1) is 25.0. The van der Waals surface area contributed by atoms with Crippen molar-refractivity contribution in [2.75, 3.05) is 59.6 Å². The molecule has 0 bridgehead atoms. The van der Waals surface area contributed by atoms with E-state index < -0.39 is 0 Å². The molecule has 2 aliphatic heterocycles. The second kappa shape index (κ2) is 19.0. The van der Waals surface area contributed by atoms with Gasteiger partial charge in [0.15, 0.2) is 11.5 Å². The Morgan fingerprint density at radius 1 is 0.750 bits per heavy atom. The van der Waals surface area contributed by atoms with Crippen LogP contribution in [0.2, 0.25) is 0 Å². The highest BCUT2D eigenvalue weighted by molar-refractivity contribution is 5.98. The fraction of sp³-hybridized carbons (Fsp3) is 0.595. The maximum absolute atomic E-state index is 14.5. The van der Waals surface area contributed by atoms with Crippen LogP contribution in [0.4, 0.5) is 0 Å². The van der Waals surface area contributed by atoms with Crippen molar-refractivity contribution in [3.63, 3.8) is 0 Å². The first-order valence-corrected chi connectivity index (χ1v) is 19.2. The van der Waals surface area contributed by atoms with Crippen LogP contribution in [0, 0.1) is 0 Å². The Morgan fingerprint density at radius 2 is 1.23 bits per heavy atom. The first kappa shape index (κ1) is 39.6. The number of likely N-dealkylation sites (tertiary alicyclic amines) is 2. The molecule has 5 rings (SSSR count). The molecule has 1 aromatic heterocycles. The topological polar surface area (TPSA) is 125 Å². The van der Waals surface area contributed by atoms with Gasteiger partial charge in [0.2, 0.25) is 5.43 Å². The second-order valence-corrected chi connectivity index (χ2v) is 15.0. The van der Waals surface area contributed by atoms with Crippen molar-refractivity contribution < 1.29 is 33.9 Å². The Bertz CT molecular complexity index is 1760. The molecule has 0 atom stereocenters. The number of fused-ring (bicyclic) bond motifs is 2. The van der Waals surface area contributed by atoms with Gasteiger partial charge >= 0.3 is 0 Å². The fourth-order valence-electron chi connectivity index (χ4n) is 7.19. The lowest BCUT2D eigenvalue weighted by Gasteiger charge is -2.29. The zero-order chi connectivity index (χ0) is 37.2. The average molecular weight is 721 g/mol. The highest BCUT2D eigenvalue weighted by Gasteiger charge is 2.25. The van der Waals surface area contributed by atoms with Gasteiger partial charge in [-0.3, -0.25) is 4.79 Å². The number of ether oxygens (including phenoxy) is 3. The van der Waals surface area contributed by atoms with Gasteiger partial charge in [0.1, 0.15) is 28.1 Å². The monoisotopic (exact) mass is 720 g/mol. The number of unbranched alkanes of at least 4 members (excludes halogenated alkanes) is 2. The summed E-state index contributed by atoms with van der Waals surface area (Å²) in [6, 6.07) is 3.48. The predicted octanol–water partition coefficient (Wildman–Crippen LogP) is 6.91. The maximum atomic E-state index is 14.5. The van der Waals surface area contributed by atoms with Gasteiger partial charge in [0.05, 0.1) is 37.9 Å². The number of piperidine rings is 2. The number of hydrogen-bond acceptors (Lipinski definition) is 10. The minimum absolute atomic E-state index is 0.122. The minimum Gasteiger partial charge on any atom is -0.507 e. The van der Waals surface area contributed by atoms with E-state index in [1.165, 1.54) is 0 Å². The van der Waals surface area contributed by atoms with Crippen LogP contribution >= 0.6 is 0 Å². The molecule has 3 N–H and O–H groups in total. The summed E-state index contributed by atoms with van der Waals surface area (Å²) in [5.74, 6) is 1.39. The summed E-state index contributed by atoms with van der Waals surface area (Å²) >= 11 is 0. The Balaban J connectivity index is 1.43. The van der Waals surface area contributed by atoms with Crippen LogP contribution in [-0.2, 0) is 12.8 Å². The zero-order valence-corrected chi connectivity index (χ0v) is 32.0. The number of allylic oxidation sites excluding steroid dienone is 4. The predicted molar refractivity (Wildman–Crippen MR) is 207 cm³/mol. The Labute approximate surface area is 308 Å². The van der Waals surface area contributed by atoms with E-state index in [1.54, 1.807) is 19.2 Å². The number of benzene rings is 2. The van der Waals surface area contributed by atoms with Crippen LogP contribution in [0.3, 0.4) is 0 Å². The van der Waals surface area contributed by atoms with Crippen LogP contribution in [0.5, 0.6) is 23.0 Å². The van der Waals surface area contributed by atoms with E-state index in [9.17, 15) is 20.1 Å². The molecular formula is C42H60N2O8. The third-order valence-corrected chi connectivity index (χ3v) is 10.3. The molecule has 3 heterocycles. The minimum atomic E-state index is -0.320. The largest absolute Gasteiger partial charge is 0.507 e. The fourth-order valence-corrected chi connectivity index (χ4v) is 7.19. The lowest BCUT2D eigenvalue weighted by atomic mass is 9.98. The smallest absolute Gasteiger partial charge is 0.204 e. The first-order valence-electron chi connectivity index (χ1n) is 19.2. The van der Waals surface area contributed by atoms with E-state index in [2.05, 4.69) is 9.80 Å². The van der Waals surface area contributed by atoms with E-state index in [4.69, 9.17) is 18.6 Å². The van der Waals surface area contributed by atoms with Gasteiger partial charge < -0.3 is 43.7 Å². The number of nitrogens with zero attached hydrogens (tertiary/aromatic N) is 2. The van der Waals surface area contributed by atoms with Crippen LogP contribution in [0.15, 0.2) is 44.6 Å². The van der Waals surface area contributed by atoms with Gasteiger partial charge in [0.25, 0.3) is 0 Å². The molecule has 3 aromatic rings. The number of phenols is 1. The van der Waals surface area contributed by atoms with Crippen LogP contribution in [0.1, 0.15) is 90.2 Å². The third kappa shape index (κ3) is 10.3. The number of phenolic OH excluding ortho intramolecular Hbond substituents is 1. The number of aliphatic hydroxyl groups is 2. The highest BCUT2D eigenvalue weighted by Crippen LogP contribution is 2.42. The standard InChI is InChI=1S/C42H60N2O8/c1-28(2)10-12-32-34(50-24-8-6-18-43-20-14-30(45)15-21-43)26-36-39(40(32)47)41(48)38-33(13-11-29(3)4)42(49-5)37(27-35(38)52-36)51-25-9-7-19-44-22-16-31(46)17-23-44/h10-11,26-27,30-31,45-47H,6-9,12-25H2,1-5H3. The van der Waals surface area contributed by atoms with Crippen LogP contribution in [0.25, 0.3) is 21.9 Å². The Hall–Kier alpha value is -3.57. The lowest BCUT2D eigenvalue weighted by Crippen LogP contribution is -2.36. The number of rotatable bonds is 17. The molecule has 2 saturated heterocycles. The van der Waals surface area contributed by atoms with Gasteiger partial charge in [-0.1, -0.05) is 23.3 Å². The number of hydrogen-bond donors (Lipinski definition) is 3. The summed E-state index contributed by atoms with van der Waals surface area (Å²) in [6.07, 6.45) is 11.4. The van der Waals surface area contributed by atoms with E-state index in [0.29, 0.717) is 65.4 Å². The van der Waals surface area contributed by atoms with Crippen molar-refractivity contribution in [2.45, 2.75) is 104 Å². The number of aromatic hydroxyl groups is 1. The Morgan fingerprint density at radius 3 is 1.75 bits per heavy atom. The zero-order valence-electron chi connectivity index (χ0n) is 32.0. The number of aliphatic hydroxyl groups excluding tert-OH is 2. The summed E-state index contributed by atoms with van der Waals surface area (Å²) < 4.78 is 25.0. The molecule has 52 heavy (non-hydrogen) atoms. The van der Waals surface area contributed by atoms with Gasteiger partial charge in [0, 0.05) is 49.4 Å². The van der Waals surface area contributed by atoms with Crippen molar-refractivity contribution in [3.05, 3.63) is 56.8 Å². The van der Waals surface area contributed by atoms with E-state index in [-0.39, 0.29) is 34.4 Å². The molecule has 286 valence electrons. The summed E-state index contributed by atoms with van der Waals surface area (Å²) in [4.78, 5) is 19.2. The molecule has 0 spiro atoms. The van der Waals surface area contributed by atoms with Gasteiger partial charge in [-0.15, -0.1) is 0 Å². The summed E-state index contributed by atoms with van der Waals surface area (Å²) in [5, 5.41) is 31.9. The summed E-state index contributed by atoms with van der Waals surface area (Å²) in [7, 11) is 1.59. The molecule has 2 fully saturated rings. The van der Waals surface area contributed by atoms with Crippen molar-refractivity contribution in [1.82, 2.24) is 9.80 Å². The maximum Gasteiger partial charge on any atom is 0.204 e. The van der Waals surface area contributed by atoms with E-state index >= 15 is 0 Å². The van der Waals surface area contributed by atoms with Crippen molar-refractivity contribution in [1.29, 1.82) is 0 Å². The quantitative estimate of drug-likeness (QED) is 0.0770. The molecule has 0 aliphatic carbocycles. The second-order valence-electron chi connectivity index (χ2n) is 15.0. The van der Waals surface area contributed by atoms with Gasteiger partial charge in [-0.2, -0.15) is 0 Å². The average Bonchev–Trinajstić information content (AvgIpc) is 3.11. The molecule has 2 aromatic carbocycles. The lowest BCUT2D eigenvalue weighted by molar-refractivity contribution is 0.0810. The summed E-state index contributed by atoms with van der Waals surface area (Å²) in [5.41, 5.74) is 3.71. The Kier molecular flexibility index (Phi) is 14.5. The third-order valence-electron chi connectivity index (χ3n) is 10.3. The number of methoxy groups -OCH3 is 1. The van der Waals surface area contributed by atoms with E-state index in [1.807, 2.05) is 39.8 Å². The van der Waals surface area contributed by atoms with Gasteiger partial charge in [-0.25, -0.2) is 0 Å². The molecule has 0 radical (unpaired) electrons. The van der Waals surface area contributed by atoms with Crippen molar-refractivity contribution in [2.24, 2.45) is 0 Å². The van der Waals surface area contributed by atoms with E-state index in [0.717, 1.165) is 102 Å². The molecule has 10 nitrogen and oxygen atoms in total. The SMILES string of the molecule is COc1c(OCCCCN2CCC(O)CC2)cc2oc3cc(OCCCCN4CCC(O)CC4)c(CC=C(C)C)c(O)c3c(=O)c2c1CC=C(C)C. The van der Waals surface area contributed by atoms with Crippen LogP contribution < -0.4 is 19.6 Å². The van der Waals surface area contributed by atoms with Crippen molar-refractivity contribution >= 4 is 21.9 Å². The molecule has 0 unspecified atom stereocenters. The van der Waals surface area contributed by atoms with Gasteiger partial charge in [-0.05, 0) is 105 Å². The molecular weight excluding hydrogens is 660 g/mol. The summed E-state index contributed by atoms with van der Waals surface area (Å²) in [6.45, 7) is 14.6.